The number of amides is 2. The van der Waals surface area contributed by atoms with Gasteiger partial charge in [-0.15, -0.1) is 11.8 Å². The highest BCUT2D eigenvalue weighted by Crippen LogP contribution is 2.36. The Morgan fingerprint density at radius 2 is 2.12 bits per heavy atom. The average molecular weight is 368 g/mol. The van der Waals surface area contributed by atoms with Crippen molar-refractivity contribution in [2.24, 2.45) is 0 Å². The fourth-order valence-electron chi connectivity index (χ4n) is 2.50. The maximum absolute atomic E-state index is 12.5. The molecule has 0 saturated heterocycles. The normalized spacial score (nSPS) is 20.7. The first-order valence-electron chi connectivity index (χ1n) is 7.96. The van der Waals surface area contributed by atoms with Crippen LogP contribution in [0.5, 0.6) is 0 Å². The van der Waals surface area contributed by atoms with Gasteiger partial charge in [-0.25, -0.2) is 8.42 Å². The first-order valence-corrected chi connectivity index (χ1v) is 10.5. The lowest BCUT2D eigenvalue weighted by molar-refractivity contribution is -0.121. The molecule has 2 aliphatic rings. The van der Waals surface area contributed by atoms with Gasteiger partial charge in [-0.2, -0.15) is 0 Å². The van der Waals surface area contributed by atoms with Gasteiger partial charge in [0.2, 0.25) is 11.8 Å². The van der Waals surface area contributed by atoms with Crippen molar-refractivity contribution in [1.82, 2.24) is 5.32 Å². The highest BCUT2D eigenvalue weighted by atomic mass is 32.2. The maximum atomic E-state index is 12.5. The van der Waals surface area contributed by atoms with Crippen LogP contribution < -0.4 is 10.6 Å². The van der Waals surface area contributed by atoms with E-state index in [4.69, 9.17) is 0 Å². The Morgan fingerprint density at radius 3 is 2.83 bits per heavy atom. The third kappa shape index (κ3) is 4.30. The molecule has 1 aliphatic carbocycles. The first kappa shape index (κ1) is 17.3. The molecule has 1 atom stereocenters. The first-order chi connectivity index (χ1) is 11.3. The fraction of sp³-hybridized carbons (Fsp3) is 0.500. The van der Waals surface area contributed by atoms with Crippen LogP contribution in [0.25, 0.3) is 0 Å². The summed E-state index contributed by atoms with van der Waals surface area (Å²) < 4.78 is 24.9. The molecule has 1 aliphatic heterocycles. The number of hydrogen-bond donors (Lipinski definition) is 2. The van der Waals surface area contributed by atoms with Crippen molar-refractivity contribution in [2.45, 2.75) is 53.7 Å². The quantitative estimate of drug-likeness (QED) is 0.829. The maximum Gasteiger partial charge on any atom is 0.225 e. The second kappa shape index (κ2) is 6.76. The zero-order chi connectivity index (χ0) is 17.3. The number of thioether (sulfide) groups is 1. The second-order valence-electron chi connectivity index (χ2n) is 6.25. The van der Waals surface area contributed by atoms with Crippen LogP contribution in [0.1, 0.15) is 32.6 Å². The monoisotopic (exact) mass is 368 g/mol. The van der Waals surface area contributed by atoms with Crippen LogP contribution in [-0.2, 0) is 19.4 Å². The molecule has 1 saturated carbocycles. The van der Waals surface area contributed by atoms with Gasteiger partial charge in [-0.3, -0.25) is 9.59 Å². The van der Waals surface area contributed by atoms with Gasteiger partial charge in [0.1, 0.15) is 0 Å². The van der Waals surface area contributed by atoms with E-state index in [0.717, 1.165) is 17.7 Å². The summed E-state index contributed by atoms with van der Waals surface area (Å²) in [5, 5.41) is 5.68. The molecule has 1 heterocycles. The Morgan fingerprint density at radius 1 is 1.38 bits per heavy atom. The number of rotatable bonds is 5. The summed E-state index contributed by atoms with van der Waals surface area (Å²) in [6.45, 7) is 1.96. The number of hydrogen-bond acceptors (Lipinski definition) is 5. The van der Waals surface area contributed by atoms with Crippen LogP contribution in [0.3, 0.4) is 0 Å². The molecule has 1 aromatic rings. The minimum atomic E-state index is -3.57. The van der Waals surface area contributed by atoms with Crippen molar-refractivity contribution < 1.29 is 18.0 Å². The van der Waals surface area contributed by atoms with E-state index in [2.05, 4.69) is 10.6 Å². The number of carbonyl (C=O) groups excluding carboxylic acids is 2. The Balaban J connectivity index is 1.73. The summed E-state index contributed by atoms with van der Waals surface area (Å²) in [7, 11) is -3.57. The molecule has 0 spiro atoms. The summed E-state index contributed by atoms with van der Waals surface area (Å²) >= 11 is 1.55. The molecule has 0 bridgehead atoms. The van der Waals surface area contributed by atoms with E-state index < -0.39 is 9.84 Å². The lowest BCUT2D eigenvalue weighted by Gasteiger charge is -2.10. The van der Waals surface area contributed by atoms with Gasteiger partial charge in [0.05, 0.1) is 16.3 Å². The summed E-state index contributed by atoms with van der Waals surface area (Å²) in [5.41, 5.74) is 0.526. The summed E-state index contributed by atoms with van der Waals surface area (Å²) in [5.74, 6) is -0.581. The molecule has 2 amide bonds. The van der Waals surface area contributed by atoms with Gasteiger partial charge in [0.15, 0.2) is 9.84 Å². The van der Waals surface area contributed by atoms with E-state index in [-0.39, 0.29) is 40.2 Å². The van der Waals surface area contributed by atoms with Gasteiger partial charge in [0, 0.05) is 29.0 Å². The van der Waals surface area contributed by atoms with Crippen LogP contribution in [0, 0.1) is 0 Å². The molecule has 2 N–H and O–H groups in total. The Labute approximate surface area is 145 Å². The topological polar surface area (TPSA) is 92.3 Å². The van der Waals surface area contributed by atoms with Crippen LogP contribution in [0.15, 0.2) is 28.0 Å². The van der Waals surface area contributed by atoms with Crippen molar-refractivity contribution in [3.05, 3.63) is 18.2 Å². The molecular weight excluding hydrogens is 348 g/mol. The van der Waals surface area contributed by atoms with Gasteiger partial charge in [-0.1, -0.05) is 6.92 Å². The molecule has 0 aromatic heterocycles. The van der Waals surface area contributed by atoms with Gasteiger partial charge in [-0.05, 0) is 31.0 Å². The third-order valence-electron chi connectivity index (χ3n) is 3.93. The van der Waals surface area contributed by atoms with E-state index >= 15 is 0 Å². The molecule has 8 heteroatoms. The van der Waals surface area contributed by atoms with Crippen molar-refractivity contribution in [1.29, 1.82) is 0 Å². The molecule has 1 fully saturated rings. The zero-order valence-corrected chi connectivity index (χ0v) is 15.0. The molecule has 1 aromatic carbocycles. The minimum Gasteiger partial charge on any atom is -0.353 e. The molecular formula is C16H20N2O4S2. The number of nitrogens with one attached hydrogen (secondary N) is 2. The number of benzene rings is 1. The highest BCUT2D eigenvalue weighted by molar-refractivity contribution is 8.00. The summed E-state index contributed by atoms with van der Waals surface area (Å²) in [6, 6.07) is 4.98. The number of sulfone groups is 1. The lowest BCUT2D eigenvalue weighted by Crippen LogP contribution is -2.27. The molecule has 6 nitrogen and oxygen atoms in total. The molecule has 0 radical (unpaired) electrons. The summed E-state index contributed by atoms with van der Waals surface area (Å²) in [6.07, 6.45) is 2.29. The Hall–Kier alpha value is -1.54. The van der Waals surface area contributed by atoms with Crippen LogP contribution in [-0.4, -0.2) is 37.3 Å². The number of fused-ring (bicyclic) bond motifs is 1. The van der Waals surface area contributed by atoms with E-state index in [1.165, 1.54) is 6.07 Å². The van der Waals surface area contributed by atoms with Crippen molar-refractivity contribution in [3.63, 3.8) is 0 Å². The predicted molar refractivity (Wildman–Crippen MR) is 92.8 cm³/mol. The standard InChI is InChI=1S/C16H20N2O4S2/c1-10-8-16(20)18-13-9-12(4-5-14(13)23-10)24(21,22)7-6-15(19)17-11-2-3-11/h4-5,9-11H,2-3,6-8H2,1H3,(H,17,19)(H,18,20). The summed E-state index contributed by atoms with van der Waals surface area (Å²) in [4.78, 5) is 24.5. The molecule has 1 unspecified atom stereocenters. The molecule has 130 valence electrons. The largest absolute Gasteiger partial charge is 0.353 e. The lowest BCUT2D eigenvalue weighted by atomic mass is 10.3. The molecule has 3 rings (SSSR count). The Bertz CT molecular complexity index is 772. The van der Waals surface area contributed by atoms with E-state index in [1.807, 2.05) is 6.92 Å². The third-order valence-corrected chi connectivity index (χ3v) is 6.82. The number of anilines is 1. The predicted octanol–water partition coefficient (Wildman–Crippen LogP) is 1.95. The van der Waals surface area contributed by atoms with Crippen molar-refractivity contribution in [2.75, 3.05) is 11.1 Å². The van der Waals surface area contributed by atoms with Gasteiger partial charge in [0.25, 0.3) is 0 Å². The van der Waals surface area contributed by atoms with Crippen molar-refractivity contribution >= 4 is 39.1 Å². The zero-order valence-electron chi connectivity index (χ0n) is 13.4. The van der Waals surface area contributed by atoms with E-state index in [1.54, 1.807) is 23.9 Å². The van der Waals surface area contributed by atoms with E-state index in [0.29, 0.717) is 12.1 Å². The van der Waals surface area contributed by atoms with Crippen LogP contribution in [0.4, 0.5) is 5.69 Å². The van der Waals surface area contributed by atoms with Crippen molar-refractivity contribution in [3.8, 4) is 0 Å². The highest BCUT2D eigenvalue weighted by Gasteiger charge is 2.25. The SMILES string of the molecule is CC1CC(=O)Nc2cc(S(=O)(=O)CCC(=O)NC3CC3)ccc2S1. The second-order valence-corrected chi connectivity index (χ2v) is 9.84. The number of carbonyl (C=O) groups is 2. The van der Waals surface area contributed by atoms with E-state index in [9.17, 15) is 18.0 Å². The fourth-order valence-corrected chi connectivity index (χ4v) is 4.81. The minimum absolute atomic E-state index is 0.0476. The smallest absolute Gasteiger partial charge is 0.225 e. The average Bonchev–Trinajstić information content (AvgIpc) is 3.31. The Kier molecular flexibility index (Phi) is 4.87. The van der Waals surface area contributed by atoms with Crippen LogP contribution in [0.2, 0.25) is 0 Å². The van der Waals surface area contributed by atoms with Gasteiger partial charge < -0.3 is 10.6 Å². The molecule has 24 heavy (non-hydrogen) atoms. The van der Waals surface area contributed by atoms with Crippen LogP contribution >= 0.6 is 11.8 Å². The van der Waals surface area contributed by atoms with Gasteiger partial charge >= 0.3 is 0 Å².